The average Bonchev–Trinajstić information content (AvgIpc) is 2.65. The van der Waals surface area contributed by atoms with Crippen LogP contribution < -0.4 is 0 Å². The standard InChI is InChI=1S/C21H21BrClNO2/c1-2-13-24(21(25)26-16-17-8-4-3-5-9-17)14-7-6-10-18-15-19(23)11-12-20(18)22/h2-6,8-12,15H,1,7,13-14,16H2. The maximum atomic E-state index is 12.3. The van der Waals surface area contributed by atoms with E-state index in [0.717, 1.165) is 15.6 Å². The van der Waals surface area contributed by atoms with Crippen molar-refractivity contribution in [3.05, 3.63) is 87.9 Å². The number of hydrogen-bond donors (Lipinski definition) is 0. The minimum atomic E-state index is -0.342. The van der Waals surface area contributed by atoms with Gasteiger partial charge >= 0.3 is 6.09 Å². The van der Waals surface area contributed by atoms with Gasteiger partial charge in [0.05, 0.1) is 0 Å². The van der Waals surface area contributed by atoms with Crippen LogP contribution >= 0.6 is 27.5 Å². The summed E-state index contributed by atoms with van der Waals surface area (Å²) in [6, 6.07) is 15.3. The molecule has 0 aromatic heterocycles. The molecule has 0 aliphatic carbocycles. The van der Waals surface area contributed by atoms with Crippen molar-refractivity contribution in [2.24, 2.45) is 0 Å². The van der Waals surface area contributed by atoms with Crippen LogP contribution in [0.3, 0.4) is 0 Å². The number of hydrogen-bond acceptors (Lipinski definition) is 2. The van der Waals surface area contributed by atoms with Crippen molar-refractivity contribution < 1.29 is 9.53 Å². The second-order valence-electron chi connectivity index (χ2n) is 5.63. The lowest BCUT2D eigenvalue weighted by Crippen LogP contribution is -2.32. The highest BCUT2D eigenvalue weighted by Gasteiger charge is 2.12. The van der Waals surface area contributed by atoms with E-state index in [9.17, 15) is 4.79 Å². The topological polar surface area (TPSA) is 29.5 Å². The highest BCUT2D eigenvalue weighted by molar-refractivity contribution is 9.10. The zero-order chi connectivity index (χ0) is 18.8. The minimum Gasteiger partial charge on any atom is -0.445 e. The zero-order valence-electron chi connectivity index (χ0n) is 14.4. The van der Waals surface area contributed by atoms with Crippen LogP contribution in [0.15, 0.2) is 71.7 Å². The molecule has 2 rings (SSSR count). The van der Waals surface area contributed by atoms with Gasteiger partial charge in [-0.25, -0.2) is 4.79 Å². The molecule has 26 heavy (non-hydrogen) atoms. The molecule has 3 nitrogen and oxygen atoms in total. The van der Waals surface area contributed by atoms with Crippen molar-refractivity contribution in [3.63, 3.8) is 0 Å². The van der Waals surface area contributed by atoms with E-state index in [1.54, 1.807) is 11.0 Å². The van der Waals surface area contributed by atoms with E-state index in [2.05, 4.69) is 22.5 Å². The van der Waals surface area contributed by atoms with Gasteiger partial charge in [0, 0.05) is 22.6 Å². The van der Waals surface area contributed by atoms with Gasteiger partial charge in [-0.3, -0.25) is 0 Å². The number of halogens is 2. The third-order valence-electron chi connectivity index (χ3n) is 3.63. The molecule has 0 atom stereocenters. The first-order chi connectivity index (χ1) is 12.6. The first-order valence-corrected chi connectivity index (χ1v) is 9.45. The Balaban J connectivity index is 1.86. The number of nitrogens with zero attached hydrogens (tertiary/aromatic N) is 1. The molecule has 1 amide bonds. The lowest BCUT2D eigenvalue weighted by Gasteiger charge is -2.20. The Morgan fingerprint density at radius 2 is 2.00 bits per heavy atom. The van der Waals surface area contributed by atoms with Crippen molar-refractivity contribution in [2.75, 3.05) is 13.1 Å². The summed E-state index contributed by atoms with van der Waals surface area (Å²) < 4.78 is 6.36. The molecule has 0 bridgehead atoms. The summed E-state index contributed by atoms with van der Waals surface area (Å²) in [7, 11) is 0. The molecule has 0 fully saturated rings. The van der Waals surface area contributed by atoms with Crippen molar-refractivity contribution in [1.82, 2.24) is 4.90 Å². The van der Waals surface area contributed by atoms with Gasteiger partial charge in [0.25, 0.3) is 0 Å². The van der Waals surface area contributed by atoms with Crippen LogP contribution in [-0.2, 0) is 11.3 Å². The van der Waals surface area contributed by atoms with Crippen LogP contribution in [0, 0.1) is 0 Å². The summed E-state index contributed by atoms with van der Waals surface area (Å²) >= 11 is 9.51. The molecule has 0 aliphatic heterocycles. The fraction of sp³-hybridized carbons (Fsp3) is 0.190. The summed E-state index contributed by atoms with van der Waals surface area (Å²) in [5.74, 6) is 0. The van der Waals surface area contributed by atoms with Crippen LogP contribution in [0.1, 0.15) is 17.5 Å². The van der Waals surface area contributed by atoms with Crippen molar-refractivity contribution in [2.45, 2.75) is 13.0 Å². The summed E-state index contributed by atoms with van der Waals surface area (Å²) in [6.45, 7) is 4.97. The third-order valence-corrected chi connectivity index (χ3v) is 4.59. The number of amides is 1. The maximum Gasteiger partial charge on any atom is 0.410 e. The molecular weight excluding hydrogens is 414 g/mol. The Hall–Kier alpha value is -2.04. The SMILES string of the molecule is C=CCN(CCC=Cc1cc(Cl)ccc1Br)C(=O)OCc1ccccc1. The molecule has 2 aromatic carbocycles. The molecule has 0 unspecified atom stereocenters. The highest BCUT2D eigenvalue weighted by atomic mass is 79.9. The van der Waals surface area contributed by atoms with Gasteiger partial charge in [0.2, 0.25) is 0 Å². The van der Waals surface area contributed by atoms with E-state index >= 15 is 0 Å². The monoisotopic (exact) mass is 433 g/mol. The molecule has 136 valence electrons. The second kappa shape index (κ2) is 10.8. The fourth-order valence-electron chi connectivity index (χ4n) is 2.31. The summed E-state index contributed by atoms with van der Waals surface area (Å²) in [6.07, 6.45) is 6.05. The Labute approximate surface area is 168 Å². The second-order valence-corrected chi connectivity index (χ2v) is 6.92. The molecular formula is C21H21BrClNO2. The van der Waals surface area contributed by atoms with Gasteiger partial charge in [-0.05, 0) is 35.7 Å². The zero-order valence-corrected chi connectivity index (χ0v) is 16.7. The van der Waals surface area contributed by atoms with E-state index in [0.29, 0.717) is 24.5 Å². The Morgan fingerprint density at radius 1 is 1.23 bits per heavy atom. The lowest BCUT2D eigenvalue weighted by molar-refractivity contribution is 0.101. The quantitative estimate of drug-likeness (QED) is 0.454. The summed E-state index contributed by atoms with van der Waals surface area (Å²) in [4.78, 5) is 13.9. The minimum absolute atomic E-state index is 0.263. The molecule has 0 saturated heterocycles. The van der Waals surface area contributed by atoms with Crippen LogP contribution in [0.25, 0.3) is 6.08 Å². The van der Waals surface area contributed by atoms with Crippen molar-refractivity contribution >= 4 is 39.7 Å². The third kappa shape index (κ3) is 6.70. The molecule has 0 radical (unpaired) electrons. The van der Waals surface area contributed by atoms with E-state index in [4.69, 9.17) is 16.3 Å². The first kappa shape index (κ1) is 20.3. The molecule has 0 spiro atoms. The number of carbonyl (C=O) groups is 1. The van der Waals surface area contributed by atoms with E-state index < -0.39 is 0 Å². The summed E-state index contributed by atoms with van der Waals surface area (Å²) in [5, 5.41) is 0.686. The Kier molecular flexibility index (Phi) is 8.45. The van der Waals surface area contributed by atoms with E-state index in [-0.39, 0.29) is 12.7 Å². The highest BCUT2D eigenvalue weighted by Crippen LogP contribution is 2.22. The molecule has 0 heterocycles. The number of ether oxygens (including phenoxy) is 1. The van der Waals surface area contributed by atoms with Crippen LogP contribution in [0.5, 0.6) is 0 Å². The number of benzene rings is 2. The van der Waals surface area contributed by atoms with Gasteiger partial charge in [-0.15, -0.1) is 6.58 Å². The molecule has 0 saturated carbocycles. The lowest BCUT2D eigenvalue weighted by atomic mass is 10.2. The Morgan fingerprint density at radius 3 is 2.73 bits per heavy atom. The first-order valence-electron chi connectivity index (χ1n) is 8.28. The van der Waals surface area contributed by atoms with Gasteiger partial charge in [0.1, 0.15) is 6.61 Å². The molecule has 0 aliphatic rings. The van der Waals surface area contributed by atoms with E-state index in [1.165, 1.54) is 0 Å². The molecule has 5 heteroatoms. The van der Waals surface area contributed by atoms with Gasteiger partial charge in [-0.2, -0.15) is 0 Å². The number of carbonyl (C=O) groups excluding carboxylic acids is 1. The predicted molar refractivity (Wildman–Crippen MR) is 111 cm³/mol. The van der Waals surface area contributed by atoms with Gasteiger partial charge in [0.15, 0.2) is 0 Å². The predicted octanol–water partition coefficient (Wildman–Crippen LogP) is 6.33. The largest absolute Gasteiger partial charge is 0.445 e. The fourth-order valence-corrected chi connectivity index (χ4v) is 2.87. The van der Waals surface area contributed by atoms with Gasteiger partial charge in [-0.1, -0.05) is 76.1 Å². The van der Waals surface area contributed by atoms with Crippen LogP contribution in [0.2, 0.25) is 5.02 Å². The van der Waals surface area contributed by atoms with Crippen molar-refractivity contribution in [1.29, 1.82) is 0 Å². The normalized spacial score (nSPS) is 10.7. The van der Waals surface area contributed by atoms with Gasteiger partial charge < -0.3 is 9.64 Å². The van der Waals surface area contributed by atoms with E-state index in [1.807, 2.05) is 60.7 Å². The van der Waals surface area contributed by atoms with Crippen molar-refractivity contribution in [3.8, 4) is 0 Å². The smallest absolute Gasteiger partial charge is 0.410 e. The Bertz CT molecular complexity index is 762. The number of rotatable bonds is 8. The van der Waals surface area contributed by atoms with Crippen LogP contribution in [0.4, 0.5) is 4.79 Å². The maximum absolute atomic E-state index is 12.3. The molecule has 2 aromatic rings. The molecule has 0 N–H and O–H groups in total. The average molecular weight is 435 g/mol. The summed E-state index contributed by atoms with van der Waals surface area (Å²) in [5.41, 5.74) is 1.96. The van der Waals surface area contributed by atoms with Crippen LogP contribution in [-0.4, -0.2) is 24.1 Å².